The van der Waals surface area contributed by atoms with Crippen molar-refractivity contribution in [1.82, 2.24) is 19.6 Å². The molecular weight excluding hydrogens is 344 g/mol. The molecule has 130 valence electrons. The summed E-state index contributed by atoms with van der Waals surface area (Å²) < 4.78 is 17.4. The van der Waals surface area contributed by atoms with Crippen LogP contribution in [-0.4, -0.2) is 52.4 Å². The van der Waals surface area contributed by atoms with Crippen LogP contribution in [0.1, 0.15) is 10.4 Å². The zero-order valence-corrected chi connectivity index (χ0v) is 14.7. The fourth-order valence-corrected chi connectivity index (χ4v) is 2.95. The maximum Gasteiger partial charge on any atom is 0.253 e. The van der Waals surface area contributed by atoms with Gasteiger partial charge in [-0.25, -0.2) is 9.50 Å². The largest absolute Gasteiger partial charge is 0.493 e. The third kappa shape index (κ3) is 3.50. The lowest BCUT2D eigenvalue weighted by molar-refractivity contribution is 0.102. The van der Waals surface area contributed by atoms with E-state index in [9.17, 15) is 4.79 Å². The summed E-state index contributed by atoms with van der Waals surface area (Å²) in [5.41, 5.74) is 0.462. The molecule has 0 aliphatic rings. The van der Waals surface area contributed by atoms with Gasteiger partial charge in [-0.1, -0.05) is 11.8 Å². The van der Waals surface area contributed by atoms with Crippen molar-refractivity contribution >= 4 is 23.3 Å². The van der Waals surface area contributed by atoms with Gasteiger partial charge in [0.05, 0.1) is 27.1 Å². The topological polar surface area (TPSA) is 87.8 Å². The minimum atomic E-state index is -0.101. The summed E-state index contributed by atoms with van der Waals surface area (Å²) >= 11 is 1.24. The fourth-order valence-electron chi connectivity index (χ4n) is 2.23. The molecule has 1 aromatic carbocycles. The van der Waals surface area contributed by atoms with Crippen LogP contribution in [0.5, 0.6) is 17.2 Å². The van der Waals surface area contributed by atoms with Crippen LogP contribution in [-0.2, 0) is 0 Å². The standard InChI is InChI=1S/C16H16N4O4S/c1-22-12-7-10(8-13(23-2)14(12)24-3)11(21)9-25-16-18-15-17-5-4-6-20(15)19-16/h4-8H,9H2,1-3H3. The number of carbonyl (C=O) groups is 1. The van der Waals surface area contributed by atoms with E-state index in [0.717, 1.165) is 0 Å². The summed E-state index contributed by atoms with van der Waals surface area (Å²) in [6, 6.07) is 5.02. The third-order valence-electron chi connectivity index (χ3n) is 3.42. The van der Waals surface area contributed by atoms with Crippen LogP contribution < -0.4 is 14.2 Å². The number of Topliss-reactive ketones (excluding diaryl/α,β-unsaturated/α-hetero) is 1. The van der Waals surface area contributed by atoms with Crippen molar-refractivity contribution in [3.63, 3.8) is 0 Å². The molecule has 0 aliphatic heterocycles. The number of aromatic nitrogens is 4. The number of rotatable bonds is 7. The zero-order valence-electron chi connectivity index (χ0n) is 13.9. The highest BCUT2D eigenvalue weighted by molar-refractivity contribution is 7.99. The van der Waals surface area contributed by atoms with Crippen LogP contribution >= 0.6 is 11.8 Å². The van der Waals surface area contributed by atoms with E-state index < -0.39 is 0 Å². The first-order valence-corrected chi connectivity index (χ1v) is 8.28. The van der Waals surface area contributed by atoms with Gasteiger partial charge in [-0.3, -0.25) is 4.79 Å². The molecule has 0 fully saturated rings. The van der Waals surface area contributed by atoms with Gasteiger partial charge >= 0.3 is 0 Å². The van der Waals surface area contributed by atoms with E-state index in [4.69, 9.17) is 14.2 Å². The first-order chi connectivity index (χ1) is 12.2. The van der Waals surface area contributed by atoms with Crippen LogP contribution in [0.2, 0.25) is 0 Å². The second-order valence-electron chi connectivity index (χ2n) is 4.88. The van der Waals surface area contributed by atoms with Gasteiger partial charge in [-0.05, 0) is 18.2 Å². The van der Waals surface area contributed by atoms with Crippen LogP contribution in [0.4, 0.5) is 0 Å². The average molecular weight is 360 g/mol. The van der Waals surface area contributed by atoms with E-state index >= 15 is 0 Å². The second kappa shape index (κ2) is 7.39. The minimum Gasteiger partial charge on any atom is -0.493 e. The Hall–Kier alpha value is -2.81. The minimum absolute atomic E-state index is 0.101. The first-order valence-electron chi connectivity index (χ1n) is 7.29. The number of nitrogens with zero attached hydrogens (tertiary/aromatic N) is 4. The van der Waals surface area contributed by atoms with Crippen molar-refractivity contribution in [3.8, 4) is 17.2 Å². The predicted molar refractivity (Wildman–Crippen MR) is 91.9 cm³/mol. The molecule has 2 heterocycles. The van der Waals surface area contributed by atoms with Gasteiger partial charge in [-0.15, -0.1) is 5.10 Å². The van der Waals surface area contributed by atoms with E-state index in [2.05, 4.69) is 15.1 Å². The Bertz CT molecular complexity index is 854. The number of methoxy groups -OCH3 is 3. The van der Waals surface area contributed by atoms with Gasteiger partial charge in [0.25, 0.3) is 5.78 Å². The van der Waals surface area contributed by atoms with Crippen molar-refractivity contribution in [2.75, 3.05) is 27.1 Å². The summed E-state index contributed by atoms with van der Waals surface area (Å²) in [7, 11) is 4.53. The Morgan fingerprint density at radius 3 is 2.48 bits per heavy atom. The Morgan fingerprint density at radius 1 is 1.16 bits per heavy atom. The number of carbonyl (C=O) groups excluding carboxylic acids is 1. The Balaban J connectivity index is 1.78. The third-order valence-corrected chi connectivity index (χ3v) is 4.25. The van der Waals surface area contributed by atoms with Crippen LogP contribution in [0.15, 0.2) is 35.7 Å². The van der Waals surface area contributed by atoms with Crippen molar-refractivity contribution in [1.29, 1.82) is 0 Å². The SMILES string of the molecule is COc1cc(C(=O)CSc2nc3ncccn3n2)cc(OC)c1OC. The molecule has 2 aromatic heterocycles. The van der Waals surface area contributed by atoms with Gasteiger partial charge in [0.1, 0.15) is 0 Å². The smallest absolute Gasteiger partial charge is 0.253 e. The van der Waals surface area contributed by atoms with E-state index in [0.29, 0.717) is 33.7 Å². The maximum atomic E-state index is 12.5. The lowest BCUT2D eigenvalue weighted by atomic mass is 10.1. The number of ether oxygens (including phenoxy) is 3. The highest BCUT2D eigenvalue weighted by Gasteiger charge is 2.17. The molecule has 8 nitrogen and oxygen atoms in total. The van der Waals surface area contributed by atoms with E-state index in [1.54, 1.807) is 35.1 Å². The molecule has 0 saturated heterocycles. The van der Waals surface area contributed by atoms with Crippen molar-refractivity contribution in [2.45, 2.75) is 5.16 Å². The number of hydrogen-bond donors (Lipinski definition) is 0. The molecule has 0 saturated carbocycles. The van der Waals surface area contributed by atoms with E-state index in [1.165, 1.54) is 33.1 Å². The number of fused-ring (bicyclic) bond motifs is 1. The molecule has 0 bridgehead atoms. The first kappa shape index (κ1) is 17.0. The molecule has 25 heavy (non-hydrogen) atoms. The molecule has 0 radical (unpaired) electrons. The van der Waals surface area contributed by atoms with Crippen molar-refractivity contribution in [2.24, 2.45) is 0 Å². The number of thioether (sulfide) groups is 1. The molecule has 0 amide bonds. The Labute approximate surface area is 148 Å². The zero-order chi connectivity index (χ0) is 17.8. The van der Waals surface area contributed by atoms with E-state index in [-0.39, 0.29) is 11.5 Å². The summed E-state index contributed by atoms with van der Waals surface area (Å²) in [5, 5.41) is 4.74. The summed E-state index contributed by atoms with van der Waals surface area (Å²) in [6.07, 6.45) is 3.39. The molecule has 0 aliphatic carbocycles. The van der Waals surface area contributed by atoms with E-state index in [1.807, 2.05) is 0 Å². The number of benzene rings is 1. The van der Waals surface area contributed by atoms with Crippen LogP contribution in [0, 0.1) is 0 Å². The quantitative estimate of drug-likeness (QED) is 0.468. The van der Waals surface area contributed by atoms with Gasteiger partial charge in [0, 0.05) is 18.0 Å². The van der Waals surface area contributed by atoms with Crippen molar-refractivity contribution < 1.29 is 19.0 Å². The fraction of sp³-hybridized carbons (Fsp3) is 0.250. The van der Waals surface area contributed by atoms with Crippen LogP contribution in [0.25, 0.3) is 5.78 Å². The Kier molecular flexibility index (Phi) is 5.03. The molecular formula is C16H16N4O4S. The molecule has 9 heteroatoms. The van der Waals surface area contributed by atoms with Gasteiger partial charge in [0.2, 0.25) is 10.9 Å². The molecule has 3 aromatic rings. The molecule has 0 atom stereocenters. The van der Waals surface area contributed by atoms with Gasteiger partial charge in [0.15, 0.2) is 17.3 Å². The predicted octanol–water partition coefficient (Wildman–Crippen LogP) is 2.13. The van der Waals surface area contributed by atoms with Gasteiger partial charge in [-0.2, -0.15) is 4.98 Å². The second-order valence-corrected chi connectivity index (χ2v) is 5.83. The van der Waals surface area contributed by atoms with Gasteiger partial charge < -0.3 is 14.2 Å². The average Bonchev–Trinajstić information content (AvgIpc) is 3.07. The summed E-state index contributed by atoms with van der Waals surface area (Å²) in [5.74, 6) is 1.88. The van der Waals surface area contributed by atoms with Crippen molar-refractivity contribution in [3.05, 3.63) is 36.2 Å². The maximum absolute atomic E-state index is 12.5. The lowest BCUT2D eigenvalue weighted by Gasteiger charge is -2.13. The normalized spacial score (nSPS) is 10.7. The molecule has 0 N–H and O–H groups in total. The summed E-state index contributed by atoms with van der Waals surface area (Å²) in [6.45, 7) is 0. The number of hydrogen-bond acceptors (Lipinski definition) is 8. The van der Waals surface area contributed by atoms with Crippen LogP contribution in [0.3, 0.4) is 0 Å². The molecule has 0 spiro atoms. The molecule has 3 rings (SSSR count). The Morgan fingerprint density at radius 2 is 1.88 bits per heavy atom. The monoisotopic (exact) mass is 360 g/mol. The highest BCUT2D eigenvalue weighted by atomic mass is 32.2. The highest BCUT2D eigenvalue weighted by Crippen LogP contribution is 2.38. The number of ketones is 1. The molecule has 0 unspecified atom stereocenters. The summed E-state index contributed by atoms with van der Waals surface area (Å²) in [4.78, 5) is 20.9. The lowest BCUT2D eigenvalue weighted by Crippen LogP contribution is -2.05.